The van der Waals surface area contributed by atoms with Gasteiger partial charge >= 0.3 is 0 Å². The predicted molar refractivity (Wildman–Crippen MR) is 63.1 cm³/mol. The highest BCUT2D eigenvalue weighted by atomic mass is 32.1. The van der Waals surface area contributed by atoms with E-state index in [1.54, 1.807) is 24.6 Å². The van der Waals surface area contributed by atoms with Crippen LogP contribution in [0, 0.1) is 0 Å². The van der Waals surface area contributed by atoms with E-state index in [2.05, 4.69) is 10.4 Å². The van der Waals surface area contributed by atoms with Crippen LogP contribution in [0.5, 0.6) is 0 Å². The smallest absolute Gasteiger partial charge is 0.274 e. The summed E-state index contributed by atoms with van der Waals surface area (Å²) < 4.78 is 1.52. The molecular weight excluding hydrogens is 224 g/mol. The largest absolute Gasteiger partial charge is 0.396 e. The van der Waals surface area contributed by atoms with Gasteiger partial charge < -0.3 is 11.1 Å². The lowest BCUT2D eigenvalue weighted by molar-refractivity contribution is 0.0946. The van der Waals surface area contributed by atoms with Gasteiger partial charge in [-0.05, 0) is 11.4 Å². The molecule has 84 valence electrons. The van der Waals surface area contributed by atoms with Gasteiger partial charge in [-0.3, -0.25) is 9.48 Å². The predicted octanol–water partition coefficient (Wildman–Crippen LogP) is 0.994. The number of nitrogens with zero attached hydrogens (tertiary/aromatic N) is 2. The Labute approximate surface area is 96.9 Å². The SMILES string of the molecule is Cn1cc(N)c(C(=O)NCc2cccs2)n1. The average molecular weight is 236 g/mol. The van der Waals surface area contributed by atoms with E-state index >= 15 is 0 Å². The van der Waals surface area contributed by atoms with Gasteiger partial charge in [-0.25, -0.2) is 0 Å². The Morgan fingerprint density at radius 1 is 1.69 bits per heavy atom. The fourth-order valence-corrected chi connectivity index (χ4v) is 1.99. The van der Waals surface area contributed by atoms with Crippen molar-refractivity contribution in [3.8, 4) is 0 Å². The number of carbonyl (C=O) groups is 1. The summed E-state index contributed by atoms with van der Waals surface area (Å²) in [5.41, 5.74) is 6.32. The third-order valence-electron chi connectivity index (χ3n) is 2.08. The molecule has 6 heteroatoms. The number of anilines is 1. The van der Waals surface area contributed by atoms with Gasteiger partial charge in [0.25, 0.3) is 5.91 Å². The van der Waals surface area contributed by atoms with Crippen molar-refractivity contribution in [2.24, 2.45) is 7.05 Å². The standard InChI is InChI=1S/C10H12N4OS/c1-14-6-8(11)9(13-14)10(15)12-5-7-3-2-4-16-7/h2-4,6H,5,11H2,1H3,(H,12,15). The van der Waals surface area contributed by atoms with Crippen LogP contribution in [-0.4, -0.2) is 15.7 Å². The maximum atomic E-state index is 11.7. The number of thiophene rings is 1. The lowest BCUT2D eigenvalue weighted by atomic mass is 10.3. The van der Waals surface area contributed by atoms with E-state index in [0.717, 1.165) is 4.88 Å². The number of hydrogen-bond donors (Lipinski definition) is 2. The molecule has 0 aromatic carbocycles. The second-order valence-corrected chi connectivity index (χ2v) is 4.40. The molecule has 1 amide bonds. The normalized spacial score (nSPS) is 10.3. The number of amides is 1. The minimum Gasteiger partial charge on any atom is -0.396 e. The molecule has 2 aromatic rings. The molecule has 5 nitrogen and oxygen atoms in total. The van der Waals surface area contributed by atoms with E-state index in [1.807, 2.05) is 17.5 Å². The van der Waals surface area contributed by atoms with Crippen LogP contribution in [-0.2, 0) is 13.6 Å². The molecule has 0 atom stereocenters. The first-order valence-corrected chi connectivity index (χ1v) is 5.64. The van der Waals surface area contributed by atoms with Gasteiger partial charge in [0.2, 0.25) is 0 Å². The maximum absolute atomic E-state index is 11.7. The summed E-state index contributed by atoms with van der Waals surface area (Å²) in [7, 11) is 1.73. The Morgan fingerprint density at radius 2 is 2.50 bits per heavy atom. The van der Waals surface area contributed by atoms with E-state index < -0.39 is 0 Å². The van der Waals surface area contributed by atoms with Gasteiger partial charge in [0.15, 0.2) is 5.69 Å². The van der Waals surface area contributed by atoms with Crippen molar-refractivity contribution in [2.75, 3.05) is 5.73 Å². The molecule has 0 aliphatic rings. The number of nitrogen functional groups attached to an aromatic ring is 1. The second-order valence-electron chi connectivity index (χ2n) is 3.37. The third kappa shape index (κ3) is 2.22. The molecule has 3 N–H and O–H groups in total. The van der Waals surface area contributed by atoms with E-state index in [0.29, 0.717) is 12.2 Å². The zero-order chi connectivity index (χ0) is 11.5. The zero-order valence-corrected chi connectivity index (χ0v) is 9.62. The van der Waals surface area contributed by atoms with Crippen molar-refractivity contribution in [3.05, 3.63) is 34.3 Å². The summed E-state index contributed by atoms with van der Waals surface area (Å²) in [5.74, 6) is -0.244. The molecule has 0 aliphatic carbocycles. The number of nitrogens with one attached hydrogen (secondary N) is 1. The van der Waals surface area contributed by atoms with Gasteiger partial charge in [0.05, 0.1) is 12.2 Å². The molecule has 16 heavy (non-hydrogen) atoms. The quantitative estimate of drug-likeness (QED) is 0.834. The van der Waals surface area contributed by atoms with E-state index in [1.165, 1.54) is 4.68 Å². The highest BCUT2D eigenvalue weighted by Crippen LogP contribution is 2.10. The highest BCUT2D eigenvalue weighted by molar-refractivity contribution is 7.09. The van der Waals surface area contributed by atoms with Crippen LogP contribution in [0.1, 0.15) is 15.4 Å². The number of nitrogens with two attached hydrogens (primary N) is 1. The summed E-state index contributed by atoms with van der Waals surface area (Å²) in [6, 6.07) is 3.91. The Kier molecular flexibility index (Phi) is 2.91. The third-order valence-corrected chi connectivity index (χ3v) is 2.95. The van der Waals surface area contributed by atoms with Gasteiger partial charge in [-0.1, -0.05) is 6.07 Å². The topological polar surface area (TPSA) is 72.9 Å². The van der Waals surface area contributed by atoms with Gasteiger partial charge in [-0.2, -0.15) is 5.10 Å². The van der Waals surface area contributed by atoms with Crippen LogP contribution < -0.4 is 11.1 Å². The summed E-state index contributed by atoms with van der Waals surface area (Å²) >= 11 is 1.60. The van der Waals surface area contributed by atoms with Crippen molar-refractivity contribution in [2.45, 2.75) is 6.54 Å². The highest BCUT2D eigenvalue weighted by Gasteiger charge is 2.13. The maximum Gasteiger partial charge on any atom is 0.274 e. The van der Waals surface area contributed by atoms with Crippen LogP contribution >= 0.6 is 11.3 Å². The summed E-state index contributed by atoms with van der Waals surface area (Å²) in [6.45, 7) is 0.506. The minimum atomic E-state index is -0.244. The Hall–Kier alpha value is -1.82. The Bertz CT molecular complexity index is 489. The van der Waals surface area contributed by atoms with Gasteiger partial charge in [0.1, 0.15) is 0 Å². The van der Waals surface area contributed by atoms with Crippen LogP contribution in [0.15, 0.2) is 23.7 Å². The van der Waals surface area contributed by atoms with E-state index in [4.69, 9.17) is 5.73 Å². The van der Waals surface area contributed by atoms with Crippen LogP contribution in [0.4, 0.5) is 5.69 Å². The average Bonchev–Trinajstić information content (AvgIpc) is 2.84. The molecule has 0 radical (unpaired) electrons. The monoisotopic (exact) mass is 236 g/mol. The lowest BCUT2D eigenvalue weighted by Gasteiger charge is -2.01. The van der Waals surface area contributed by atoms with Crippen molar-refractivity contribution in [1.82, 2.24) is 15.1 Å². The molecule has 2 rings (SSSR count). The molecule has 2 heterocycles. The molecule has 0 bridgehead atoms. The molecular formula is C10H12N4OS. The number of rotatable bonds is 3. The van der Waals surface area contributed by atoms with Crippen LogP contribution in [0.2, 0.25) is 0 Å². The van der Waals surface area contributed by atoms with Crippen molar-refractivity contribution in [3.63, 3.8) is 0 Å². The summed E-state index contributed by atoms with van der Waals surface area (Å²) in [6.07, 6.45) is 1.61. The number of carbonyl (C=O) groups excluding carboxylic acids is 1. The fourth-order valence-electron chi connectivity index (χ4n) is 1.35. The molecule has 2 aromatic heterocycles. The molecule has 0 fully saturated rings. The Balaban J connectivity index is 2.01. The first-order chi connectivity index (χ1) is 7.66. The van der Waals surface area contributed by atoms with Crippen molar-refractivity contribution in [1.29, 1.82) is 0 Å². The molecule has 0 unspecified atom stereocenters. The Morgan fingerprint density at radius 3 is 3.06 bits per heavy atom. The number of aromatic nitrogens is 2. The van der Waals surface area contributed by atoms with Gasteiger partial charge in [-0.15, -0.1) is 11.3 Å². The van der Waals surface area contributed by atoms with E-state index in [-0.39, 0.29) is 11.6 Å². The molecule has 0 saturated heterocycles. The summed E-state index contributed by atoms with van der Waals surface area (Å²) in [4.78, 5) is 12.8. The van der Waals surface area contributed by atoms with Crippen molar-refractivity contribution >= 4 is 22.9 Å². The molecule has 0 spiro atoms. The number of aryl methyl sites for hydroxylation is 1. The lowest BCUT2D eigenvalue weighted by Crippen LogP contribution is -2.23. The first kappa shape index (κ1) is 10.7. The van der Waals surface area contributed by atoms with Crippen LogP contribution in [0.25, 0.3) is 0 Å². The van der Waals surface area contributed by atoms with Gasteiger partial charge in [0, 0.05) is 18.1 Å². The van der Waals surface area contributed by atoms with Crippen molar-refractivity contribution < 1.29 is 4.79 Å². The second kappa shape index (κ2) is 4.36. The minimum absolute atomic E-state index is 0.244. The zero-order valence-electron chi connectivity index (χ0n) is 8.80. The summed E-state index contributed by atoms with van der Waals surface area (Å²) in [5, 5.41) is 8.73. The number of hydrogen-bond acceptors (Lipinski definition) is 4. The van der Waals surface area contributed by atoms with Crippen LogP contribution in [0.3, 0.4) is 0 Å². The molecule has 0 saturated carbocycles. The first-order valence-electron chi connectivity index (χ1n) is 4.76. The molecule has 0 aliphatic heterocycles. The van der Waals surface area contributed by atoms with E-state index in [9.17, 15) is 4.79 Å². The fraction of sp³-hybridized carbons (Fsp3) is 0.200.